The van der Waals surface area contributed by atoms with E-state index in [1.54, 1.807) is 13.8 Å². The van der Waals surface area contributed by atoms with Crippen molar-refractivity contribution in [3.8, 4) is 0 Å². The molecule has 7 heteroatoms. The molecular formula is C12H16F3NO2S. The maximum atomic E-state index is 12.7. The Morgan fingerprint density at radius 3 is 2.32 bits per heavy atom. The largest absolute Gasteiger partial charge is 0.418 e. The zero-order valence-electron chi connectivity index (χ0n) is 10.7. The van der Waals surface area contributed by atoms with Gasteiger partial charge in [-0.2, -0.15) is 13.2 Å². The molecule has 0 aliphatic heterocycles. The molecule has 19 heavy (non-hydrogen) atoms. The van der Waals surface area contributed by atoms with Crippen LogP contribution in [0.4, 0.5) is 18.9 Å². The third kappa shape index (κ3) is 4.41. The Balaban J connectivity index is 2.75. The number of para-hydroxylation sites is 1. The maximum absolute atomic E-state index is 12.7. The highest BCUT2D eigenvalue weighted by Crippen LogP contribution is 2.34. The fraction of sp³-hybridized carbons (Fsp3) is 0.500. The molecule has 0 saturated heterocycles. The number of rotatable bonds is 5. The van der Waals surface area contributed by atoms with Crippen LogP contribution in [-0.2, 0) is 16.0 Å². The Morgan fingerprint density at radius 2 is 1.79 bits per heavy atom. The van der Waals surface area contributed by atoms with Crippen molar-refractivity contribution in [1.82, 2.24) is 0 Å². The first-order valence-electron chi connectivity index (χ1n) is 5.76. The molecule has 108 valence electrons. The molecule has 0 amide bonds. The maximum Gasteiger partial charge on any atom is 0.418 e. The number of anilines is 1. The molecular weight excluding hydrogens is 279 g/mol. The molecule has 3 nitrogen and oxygen atoms in total. The SMILES string of the molecule is CC(C)S(=O)(=O)CCNc1ccccc1C(F)(F)F. The summed E-state index contributed by atoms with van der Waals surface area (Å²) in [5.41, 5.74) is -0.897. The van der Waals surface area contributed by atoms with Gasteiger partial charge < -0.3 is 5.32 Å². The van der Waals surface area contributed by atoms with Crippen LogP contribution in [0, 0.1) is 0 Å². The topological polar surface area (TPSA) is 46.2 Å². The summed E-state index contributed by atoms with van der Waals surface area (Å²) in [6, 6.07) is 5.00. The zero-order valence-corrected chi connectivity index (χ0v) is 11.5. The predicted molar refractivity (Wildman–Crippen MR) is 68.9 cm³/mol. The van der Waals surface area contributed by atoms with Gasteiger partial charge in [0.05, 0.1) is 16.6 Å². The lowest BCUT2D eigenvalue weighted by Gasteiger charge is -2.14. The first-order valence-corrected chi connectivity index (χ1v) is 7.48. The second kappa shape index (κ2) is 5.81. The number of alkyl halides is 3. The van der Waals surface area contributed by atoms with Crippen molar-refractivity contribution in [3.63, 3.8) is 0 Å². The first kappa shape index (κ1) is 15.8. The summed E-state index contributed by atoms with van der Waals surface area (Å²) in [6.45, 7) is 3.03. The van der Waals surface area contributed by atoms with E-state index >= 15 is 0 Å². The Kier molecular flexibility index (Phi) is 4.84. The average Bonchev–Trinajstić information content (AvgIpc) is 2.27. The van der Waals surface area contributed by atoms with Crippen molar-refractivity contribution < 1.29 is 21.6 Å². The van der Waals surface area contributed by atoms with E-state index in [-0.39, 0.29) is 18.0 Å². The summed E-state index contributed by atoms with van der Waals surface area (Å²) >= 11 is 0. The minimum Gasteiger partial charge on any atom is -0.384 e. The van der Waals surface area contributed by atoms with Crippen molar-refractivity contribution in [1.29, 1.82) is 0 Å². The van der Waals surface area contributed by atoms with Crippen LogP contribution < -0.4 is 5.32 Å². The normalized spacial score (nSPS) is 12.7. The van der Waals surface area contributed by atoms with Gasteiger partial charge in [0.25, 0.3) is 0 Å². The Bertz CT molecular complexity index is 524. The molecule has 1 N–H and O–H groups in total. The number of sulfone groups is 1. The van der Waals surface area contributed by atoms with Crippen LogP contribution in [0.1, 0.15) is 19.4 Å². The molecule has 0 aliphatic carbocycles. The summed E-state index contributed by atoms with van der Waals surface area (Å²) in [6.07, 6.45) is -4.46. The molecule has 0 heterocycles. The molecule has 0 aromatic heterocycles. The predicted octanol–water partition coefficient (Wildman–Crippen LogP) is 2.94. The number of halogens is 3. The van der Waals surface area contributed by atoms with Gasteiger partial charge in [-0.05, 0) is 26.0 Å². The number of benzene rings is 1. The van der Waals surface area contributed by atoms with Gasteiger partial charge in [0, 0.05) is 12.2 Å². The van der Waals surface area contributed by atoms with Crippen molar-refractivity contribution in [2.45, 2.75) is 25.3 Å². The fourth-order valence-corrected chi connectivity index (χ4v) is 2.31. The zero-order chi connectivity index (χ0) is 14.7. The van der Waals surface area contributed by atoms with E-state index in [4.69, 9.17) is 0 Å². The highest BCUT2D eigenvalue weighted by atomic mass is 32.2. The minimum atomic E-state index is -4.46. The number of hydrogen-bond donors (Lipinski definition) is 1. The number of hydrogen-bond acceptors (Lipinski definition) is 3. The van der Waals surface area contributed by atoms with Gasteiger partial charge in [-0.1, -0.05) is 12.1 Å². The monoisotopic (exact) mass is 295 g/mol. The summed E-state index contributed by atoms with van der Waals surface area (Å²) in [5, 5.41) is 2.00. The van der Waals surface area contributed by atoms with E-state index in [0.29, 0.717) is 0 Å². The van der Waals surface area contributed by atoms with Gasteiger partial charge in [0.15, 0.2) is 9.84 Å². The highest BCUT2D eigenvalue weighted by Gasteiger charge is 2.33. The van der Waals surface area contributed by atoms with E-state index in [9.17, 15) is 21.6 Å². The lowest BCUT2D eigenvalue weighted by molar-refractivity contribution is -0.136. The van der Waals surface area contributed by atoms with E-state index in [0.717, 1.165) is 6.07 Å². The number of nitrogens with one attached hydrogen (secondary N) is 1. The second-order valence-electron chi connectivity index (χ2n) is 4.39. The smallest absolute Gasteiger partial charge is 0.384 e. The van der Waals surface area contributed by atoms with E-state index in [1.165, 1.54) is 18.2 Å². The lowest BCUT2D eigenvalue weighted by Crippen LogP contribution is -2.23. The van der Waals surface area contributed by atoms with Crippen LogP contribution >= 0.6 is 0 Å². The van der Waals surface area contributed by atoms with E-state index < -0.39 is 26.8 Å². The molecule has 1 aromatic carbocycles. The Labute approximate surface area is 110 Å². The standard InChI is InChI=1S/C12H16F3NO2S/c1-9(2)19(17,18)8-7-16-11-6-4-3-5-10(11)12(13,14)15/h3-6,9,16H,7-8H2,1-2H3. The average molecular weight is 295 g/mol. The van der Waals surface area contributed by atoms with Crippen LogP contribution in [0.15, 0.2) is 24.3 Å². The Morgan fingerprint density at radius 1 is 1.21 bits per heavy atom. The minimum absolute atomic E-state index is 0.0480. The molecule has 0 radical (unpaired) electrons. The van der Waals surface area contributed by atoms with Gasteiger partial charge in [-0.25, -0.2) is 8.42 Å². The van der Waals surface area contributed by atoms with Crippen molar-refractivity contribution in [3.05, 3.63) is 29.8 Å². The first-order chi connectivity index (χ1) is 8.64. The van der Waals surface area contributed by atoms with Crippen LogP contribution in [-0.4, -0.2) is 26.0 Å². The molecule has 0 aliphatic rings. The molecule has 0 fully saturated rings. The summed E-state index contributed by atoms with van der Waals surface area (Å²) in [7, 11) is -3.26. The van der Waals surface area contributed by atoms with Gasteiger partial charge in [-0.3, -0.25) is 0 Å². The van der Waals surface area contributed by atoms with Crippen molar-refractivity contribution in [2.24, 2.45) is 0 Å². The molecule has 0 unspecified atom stereocenters. The summed E-state index contributed by atoms with van der Waals surface area (Å²) in [4.78, 5) is 0. The van der Waals surface area contributed by atoms with Gasteiger partial charge in [0.1, 0.15) is 0 Å². The molecule has 0 bridgehead atoms. The molecule has 0 saturated carbocycles. The second-order valence-corrected chi connectivity index (χ2v) is 7.06. The van der Waals surface area contributed by atoms with Gasteiger partial charge in [-0.15, -0.1) is 0 Å². The highest BCUT2D eigenvalue weighted by molar-refractivity contribution is 7.92. The third-order valence-electron chi connectivity index (χ3n) is 2.65. The van der Waals surface area contributed by atoms with Gasteiger partial charge in [0.2, 0.25) is 0 Å². The molecule has 0 spiro atoms. The molecule has 0 atom stereocenters. The molecule has 1 aromatic rings. The van der Waals surface area contributed by atoms with Crippen LogP contribution in [0.25, 0.3) is 0 Å². The summed E-state index contributed by atoms with van der Waals surface area (Å²) in [5.74, 6) is -0.198. The van der Waals surface area contributed by atoms with Crippen LogP contribution in [0.5, 0.6) is 0 Å². The molecule has 1 rings (SSSR count). The van der Waals surface area contributed by atoms with Crippen LogP contribution in [0.3, 0.4) is 0 Å². The Hall–Kier alpha value is -1.24. The van der Waals surface area contributed by atoms with Gasteiger partial charge >= 0.3 is 6.18 Å². The van der Waals surface area contributed by atoms with Crippen LogP contribution in [0.2, 0.25) is 0 Å². The van der Waals surface area contributed by atoms with Crippen molar-refractivity contribution >= 4 is 15.5 Å². The lowest BCUT2D eigenvalue weighted by atomic mass is 10.1. The fourth-order valence-electron chi connectivity index (χ4n) is 1.45. The third-order valence-corrected chi connectivity index (χ3v) is 4.86. The quantitative estimate of drug-likeness (QED) is 0.908. The van der Waals surface area contributed by atoms with Crippen molar-refractivity contribution in [2.75, 3.05) is 17.6 Å². The van der Waals surface area contributed by atoms with E-state index in [2.05, 4.69) is 5.32 Å². The summed E-state index contributed by atoms with van der Waals surface area (Å²) < 4.78 is 61.1. The van der Waals surface area contributed by atoms with E-state index in [1.807, 2.05) is 0 Å².